The number of nitrogens with one attached hydrogen (secondary N) is 1. The van der Waals surface area contributed by atoms with E-state index in [0.717, 1.165) is 11.4 Å². The molecule has 0 aliphatic carbocycles. The van der Waals surface area contributed by atoms with Gasteiger partial charge in [0.2, 0.25) is 0 Å². The quantitative estimate of drug-likeness (QED) is 0.384. The van der Waals surface area contributed by atoms with E-state index in [2.05, 4.69) is 10.4 Å². The highest BCUT2D eigenvalue weighted by atomic mass is 19.4. The summed E-state index contributed by atoms with van der Waals surface area (Å²) in [6, 6.07) is 12.1. The normalized spacial score (nSPS) is 10.0. The minimum absolute atomic E-state index is 0. The molecule has 3 aromatic rings. The van der Waals surface area contributed by atoms with Crippen LogP contribution in [-0.4, -0.2) is 26.9 Å². The first-order valence-corrected chi connectivity index (χ1v) is 7.97. The van der Waals surface area contributed by atoms with Crippen molar-refractivity contribution in [2.45, 2.75) is 20.1 Å². The van der Waals surface area contributed by atoms with Crippen LogP contribution in [0, 0.1) is 22.9 Å². The number of halogens is 4. The van der Waals surface area contributed by atoms with Gasteiger partial charge in [0.25, 0.3) is 5.69 Å². The molecule has 0 spiro atoms. The molecule has 0 atom stereocenters. The molecule has 156 valence electrons. The van der Waals surface area contributed by atoms with Crippen molar-refractivity contribution in [2.24, 2.45) is 0 Å². The Bertz CT molecular complexity index is 917. The predicted octanol–water partition coefficient (Wildman–Crippen LogP) is 4.19. The van der Waals surface area contributed by atoms with Crippen molar-refractivity contribution in [3.63, 3.8) is 0 Å². The molecule has 0 fully saturated rings. The van der Waals surface area contributed by atoms with Crippen molar-refractivity contribution in [1.82, 2.24) is 9.78 Å². The van der Waals surface area contributed by atoms with E-state index in [-0.39, 0.29) is 16.7 Å². The Morgan fingerprint density at radius 3 is 2.34 bits per heavy atom. The smallest absolute Gasteiger partial charge is 0.379 e. The molecule has 1 heterocycles. The SMILES string of the molecule is Cc1c(F)cc(CNc2ccc(-n3cccn3)cc2)cc1[N+](=O)[O-].FC(F)F.O. The van der Waals surface area contributed by atoms with Gasteiger partial charge in [0.1, 0.15) is 5.82 Å². The van der Waals surface area contributed by atoms with E-state index >= 15 is 0 Å². The molecule has 0 unspecified atom stereocenters. The van der Waals surface area contributed by atoms with E-state index in [1.165, 1.54) is 19.1 Å². The maximum absolute atomic E-state index is 13.8. The molecule has 3 N–H and O–H groups in total. The van der Waals surface area contributed by atoms with Crippen molar-refractivity contribution in [2.75, 3.05) is 5.32 Å². The number of nitro benzene ring substituents is 1. The second kappa shape index (κ2) is 10.8. The lowest BCUT2D eigenvalue weighted by atomic mass is 10.1. The number of nitro groups is 1. The van der Waals surface area contributed by atoms with E-state index in [0.29, 0.717) is 12.1 Å². The van der Waals surface area contributed by atoms with E-state index in [9.17, 15) is 27.7 Å². The molecule has 11 heteroatoms. The van der Waals surface area contributed by atoms with E-state index < -0.39 is 17.4 Å². The molecule has 3 rings (SSSR count). The van der Waals surface area contributed by atoms with Crippen molar-refractivity contribution >= 4 is 11.4 Å². The maximum atomic E-state index is 13.8. The Morgan fingerprint density at radius 1 is 1.21 bits per heavy atom. The molecule has 29 heavy (non-hydrogen) atoms. The Morgan fingerprint density at radius 2 is 1.83 bits per heavy atom. The third-order valence-corrected chi connectivity index (χ3v) is 3.71. The number of hydrogen-bond acceptors (Lipinski definition) is 4. The molecule has 7 nitrogen and oxygen atoms in total. The van der Waals surface area contributed by atoms with E-state index in [4.69, 9.17) is 0 Å². The largest absolute Gasteiger partial charge is 0.412 e. The molecular formula is C18H18F4N4O3. The Hall–Kier alpha value is -3.47. The molecule has 0 radical (unpaired) electrons. The molecule has 1 aromatic heterocycles. The number of nitrogens with zero attached hydrogens (tertiary/aromatic N) is 3. The molecule has 0 aliphatic heterocycles. The Labute approximate surface area is 163 Å². The minimum atomic E-state index is -3.67. The van der Waals surface area contributed by atoms with Crippen LogP contribution in [0.3, 0.4) is 0 Å². The van der Waals surface area contributed by atoms with Crippen molar-refractivity contribution < 1.29 is 28.0 Å². The first-order chi connectivity index (χ1) is 13.3. The average molecular weight is 414 g/mol. The van der Waals surface area contributed by atoms with Crippen LogP contribution in [0.15, 0.2) is 54.9 Å². The van der Waals surface area contributed by atoms with Crippen LogP contribution in [0.5, 0.6) is 0 Å². The standard InChI is InChI=1S/C17H15FN4O2.CHF3.H2O/c1-12-16(18)9-13(10-17(12)22(23)24)11-19-14-3-5-15(6-4-14)21-8-2-7-20-21;2-1(3)4;/h2-10,19H,11H2,1H3;1H;1H2. The van der Waals surface area contributed by atoms with Gasteiger partial charge in [0.05, 0.1) is 16.2 Å². The zero-order valence-corrected chi connectivity index (χ0v) is 15.2. The third kappa shape index (κ3) is 6.88. The first kappa shape index (κ1) is 23.6. The molecular weight excluding hydrogens is 396 g/mol. The number of anilines is 1. The fourth-order valence-electron chi connectivity index (χ4n) is 2.37. The van der Waals surface area contributed by atoms with Gasteiger partial charge in [-0.3, -0.25) is 10.1 Å². The van der Waals surface area contributed by atoms with Crippen LogP contribution in [0.1, 0.15) is 11.1 Å². The van der Waals surface area contributed by atoms with Crippen molar-refractivity contribution in [3.8, 4) is 5.69 Å². The zero-order valence-electron chi connectivity index (χ0n) is 15.2. The highest BCUT2D eigenvalue weighted by Gasteiger charge is 2.16. The summed E-state index contributed by atoms with van der Waals surface area (Å²) in [4.78, 5) is 10.4. The van der Waals surface area contributed by atoms with Gasteiger partial charge in [-0.15, -0.1) is 0 Å². The number of aromatic nitrogens is 2. The van der Waals surface area contributed by atoms with Gasteiger partial charge >= 0.3 is 6.68 Å². The highest BCUT2D eigenvalue weighted by Crippen LogP contribution is 2.23. The van der Waals surface area contributed by atoms with Crippen LogP contribution in [0.4, 0.5) is 28.9 Å². The summed E-state index contributed by atoms with van der Waals surface area (Å²) in [5.74, 6) is -0.574. The highest BCUT2D eigenvalue weighted by molar-refractivity contribution is 5.50. The Balaban J connectivity index is 0.000000771. The lowest BCUT2D eigenvalue weighted by Gasteiger charge is -2.09. The molecule has 0 amide bonds. The predicted molar refractivity (Wildman–Crippen MR) is 99.4 cm³/mol. The molecule has 0 aliphatic rings. The number of hydrogen-bond donors (Lipinski definition) is 1. The van der Waals surface area contributed by atoms with Crippen LogP contribution in [0.2, 0.25) is 0 Å². The fourth-order valence-corrected chi connectivity index (χ4v) is 2.37. The molecule has 2 aromatic carbocycles. The Kier molecular flexibility index (Phi) is 8.74. The second-order valence-corrected chi connectivity index (χ2v) is 5.58. The topological polar surface area (TPSA) is 104 Å². The maximum Gasteiger partial charge on any atom is 0.379 e. The summed E-state index contributed by atoms with van der Waals surface area (Å²) >= 11 is 0. The summed E-state index contributed by atoms with van der Waals surface area (Å²) in [6.45, 7) is -1.97. The summed E-state index contributed by atoms with van der Waals surface area (Å²) in [5.41, 5.74) is 2.10. The molecule has 0 saturated heterocycles. The minimum Gasteiger partial charge on any atom is -0.412 e. The van der Waals surface area contributed by atoms with Crippen LogP contribution >= 0.6 is 0 Å². The van der Waals surface area contributed by atoms with Gasteiger partial charge in [0.15, 0.2) is 0 Å². The first-order valence-electron chi connectivity index (χ1n) is 7.97. The average Bonchev–Trinajstić information content (AvgIpc) is 3.17. The van der Waals surface area contributed by atoms with Crippen molar-refractivity contribution in [1.29, 1.82) is 0 Å². The summed E-state index contributed by atoms with van der Waals surface area (Å²) in [6.07, 6.45) is 3.54. The van der Waals surface area contributed by atoms with E-state index in [1.54, 1.807) is 10.9 Å². The lowest BCUT2D eigenvalue weighted by molar-refractivity contribution is -0.385. The van der Waals surface area contributed by atoms with Crippen molar-refractivity contribution in [3.05, 3.63) is 81.9 Å². The van der Waals surface area contributed by atoms with Gasteiger partial charge < -0.3 is 10.8 Å². The summed E-state index contributed by atoms with van der Waals surface area (Å²) in [7, 11) is 0. The molecule has 0 saturated carbocycles. The lowest BCUT2D eigenvalue weighted by Crippen LogP contribution is -2.03. The fraction of sp³-hybridized carbons (Fsp3) is 0.167. The van der Waals surface area contributed by atoms with Crippen LogP contribution < -0.4 is 5.32 Å². The summed E-state index contributed by atoms with van der Waals surface area (Å²) < 4.78 is 44.5. The number of benzene rings is 2. The summed E-state index contributed by atoms with van der Waals surface area (Å²) in [5, 5.41) is 18.2. The molecule has 0 bridgehead atoms. The number of alkyl halides is 3. The van der Waals surface area contributed by atoms with Gasteiger partial charge in [-0.05, 0) is 48.9 Å². The van der Waals surface area contributed by atoms with Gasteiger partial charge in [0, 0.05) is 30.7 Å². The monoisotopic (exact) mass is 414 g/mol. The van der Waals surface area contributed by atoms with Crippen LogP contribution in [0.25, 0.3) is 5.69 Å². The third-order valence-electron chi connectivity index (χ3n) is 3.71. The van der Waals surface area contributed by atoms with Gasteiger partial charge in [-0.1, -0.05) is 0 Å². The second-order valence-electron chi connectivity index (χ2n) is 5.58. The van der Waals surface area contributed by atoms with Crippen LogP contribution in [-0.2, 0) is 6.54 Å². The van der Waals surface area contributed by atoms with Gasteiger partial charge in [-0.2, -0.15) is 18.3 Å². The number of rotatable bonds is 5. The zero-order chi connectivity index (χ0) is 20.7. The van der Waals surface area contributed by atoms with E-state index in [1.807, 2.05) is 36.5 Å². The van der Waals surface area contributed by atoms with Gasteiger partial charge in [-0.25, -0.2) is 9.07 Å².